The predicted octanol–water partition coefficient (Wildman–Crippen LogP) is 2.43. The first kappa shape index (κ1) is 17.7. The minimum Gasteiger partial charge on any atom is -0.496 e. The lowest BCUT2D eigenvalue weighted by Crippen LogP contribution is -2.34. The average molecular weight is 347 g/mol. The SMILES string of the molecule is COc1ccc(OC)c2c1CN(Cc1nc(C(C)(C)C)no1)C[C@@H]2O. The Bertz CT molecular complexity index is 751. The minimum absolute atomic E-state index is 0.160. The summed E-state index contributed by atoms with van der Waals surface area (Å²) in [5.74, 6) is 2.64. The van der Waals surface area contributed by atoms with Crippen molar-refractivity contribution in [3.05, 3.63) is 35.0 Å². The Balaban J connectivity index is 1.85. The summed E-state index contributed by atoms with van der Waals surface area (Å²) >= 11 is 0. The molecule has 0 saturated heterocycles. The van der Waals surface area contributed by atoms with Crippen LogP contribution in [0.25, 0.3) is 0 Å². The van der Waals surface area contributed by atoms with Crippen LogP contribution in [0.15, 0.2) is 16.7 Å². The van der Waals surface area contributed by atoms with Crippen molar-refractivity contribution in [2.45, 2.75) is 45.4 Å². The number of aromatic nitrogens is 2. The molecule has 25 heavy (non-hydrogen) atoms. The molecule has 1 aromatic heterocycles. The molecule has 0 unspecified atom stereocenters. The van der Waals surface area contributed by atoms with Gasteiger partial charge in [-0.1, -0.05) is 25.9 Å². The van der Waals surface area contributed by atoms with Gasteiger partial charge in [0.25, 0.3) is 0 Å². The van der Waals surface area contributed by atoms with Gasteiger partial charge in [0.1, 0.15) is 11.5 Å². The van der Waals surface area contributed by atoms with Crippen molar-refractivity contribution in [1.82, 2.24) is 15.0 Å². The van der Waals surface area contributed by atoms with Crippen LogP contribution in [-0.4, -0.2) is 40.9 Å². The monoisotopic (exact) mass is 347 g/mol. The summed E-state index contributed by atoms with van der Waals surface area (Å²) in [5, 5.41) is 14.7. The Morgan fingerprint density at radius 2 is 1.92 bits per heavy atom. The van der Waals surface area contributed by atoms with Gasteiger partial charge in [0, 0.05) is 29.6 Å². The second-order valence-corrected chi connectivity index (χ2v) is 7.31. The number of hydrogen-bond acceptors (Lipinski definition) is 7. The summed E-state index contributed by atoms with van der Waals surface area (Å²) in [6.45, 7) is 7.67. The van der Waals surface area contributed by atoms with Gasteiger partial charge < -0.3 is 19.1 Å². The summed E-state index contributed by atoms with van der Waals surface area (Å²) in [5.41, 5.74) is 1.56. The molecule has 136 valence electrons. The van der Waals surface area contributed by atoms with Crippen LogP contribution in [0.3, 0.4) is 0 Å². The maximum Gasteiger partial charge on any atom is 0.240 e. The minimum atomic E-state index is -0.668. The first-order valence-electron chi connectivity index (χ1n) is 8.30. The molecule has 1 aliphatic rings. The number of methoxy groups -OCH3 is 2. The van der Waals surface area contributed by atoms with E-state index in [4.69, 9.17) is 14.0 Å². The molecule has 1 aliphatic heterocycles. The Kier molecular flexibility index (Phi) is 4.71. The molecular formula is C18H25N3O4. The van der Waals surface area contributed by atoms with Crippen LogP contribution < -0.4 is 9.47 Å². The Hall–Kier alpha value is -2.12. The summed E-state index contributed by atoms with van der Waals surface area (Å²) < 4.78 is 16.2. The maximum atomic E-state index is 10.6. The third-order valence-corrected chi connectivity index (χ3v) is 4.36. The smallest absolute Gasteiger partial charge is 0.240 e. The zero-order chi connectivity index (χ0) is 18.2. The fourth-order valence-corrected chi connectivity index (χ4v) is 3.08. The fourth-order valence-electron chi connectivity index (χ4n) is 3.08. The molecule has 0 saturated carbocycles. The second kappa shape index (κ2) is 6.65. The first-order valence-corrected chi connectivity index (χ1v) is 8.30. The van der Waals surface area contributed by atoms with E-state index >= 15 is 0 Å². The average Bonchev–Trinajstić information content (AvgIpc) is 3.02. The van der Waals surface area contributed by atoms with E-state index in [2.05, 4.69) is 15.0 Å². The van der Waals surface area contributed by atoms with E-state index in [1.807, 2.05) is 32.9 Å². The highest BCUT2D eigenvalue weighted by atomic mass is 16.5. The molecule has 2 heterocycles. The number of aliphatic hydroxyl groups excluding tert-OH is 1. The van der Waals surface area contributed by atoms with Crippen LogP contribution in [0.4, 0.5) is 0 Å². The van der Waals surface area contributed by atoms with Crippen molar-refractivity contribution in [1.29, 1.82) is 0 Å². The normalized spacial score (nSPS) is 18.1. The van der Waals surface area contributed by atoms with Crippen molar-refractivity contribution in [3.8, 4) is 11.5 Å². The highest BCUT2D eigenvalue weighted by Gasteiger charge is 2.31. The van der Waals surface area contributed by atoms with Gasteiger partial charge >= 0.3 is 0 Å². The summed E-state index contributed by atoms with van der Waals surface area (Å²) in [6, 6.07) is 3.68. The number of β-amino-alcohol motifs (C(OH)–C–C–N with tert-alkyl or cyclic N) is 1. The Labute approximate surface area is 147 Å². The first-order chi connectivity index (χ1) is 11.8. The number of nitrogens with zero attached hydrogens (tertiary/aromatic N) is 3. The van der Waals surface area contributed by atoms with E-state index < -0.39 is 6.10 Å². The van der Waals surface area contributed by atoms with Crippen LogP contribution in [0, 0.1) is 0 Å². The molecule has 7 nitrogen and oxygen atoms in total. The molecule has 1 N–H and O–H groups in total. The largest absolute Gasteiger partial charge is 0.496 e. The number of hydrogen-bond donors (Lipinski definition) is 1. The van der Waals surface area contributed by atoms with Crippen molar-refractivity contribution < 1.29 is 19.1 Å². The Morgan fingerprint density at radius 1 is 1.24 bits per heavy atom. The van der Waals surface area contributed by atoms with E-state index in [-0.39, 0.29) is 5.41 Å². The quantitative estimate of drug-likeness (QED) is 0.909. The molecular weight excluding hydrogens is 322 g/mol. The molecule has 7 heteroatoms. The number of benzene rings is 1. The molecule has 0 bridgehead atoms. The summed E-state index contributed by atoms with van der Waals surface area (Å²) in [6.07, 6.45) is -0.668. The summed E-state index contributed by atoms with van der Waals surface area (Å²) in [7, 11) is 3.23. The number of ether oxygens (including phenoxy) is 2. The van der Waals surface area contributed by atoms with Gasteiger partial charge in [0.2, 0.25) is 5.89 Å². The molecule has 0 amide bonds. The topological polar surface area (TPSA) is 80.9 Å². The molecule has 3 rings (SSSR count). The molecule has 2 aromatic rings. The van der Waals surface area contributed by atoms with Gasteiger partial charge in [-0.05, 0) is 12.1 Å². The van der Waals surface area contributed by atoms with Crippen LogP contribution in [0.1, 0.15) is 49.7 Å². The number of fused-ring (bicyclic) bond motifs is 1. The molecule has 0 aliphatic carbocycles. The van der Waals surface area contributed by atoms with Crippen molar-refractivity contribution in [3.63, 3.8) is 0 Å². The third-order valence-electron chi connectivity index (χ3n) is 4.36. The van der Waals surface area contributed by atoms with Crippen molar-refractivity contribution in [2.24, 2.45) is 0 Å². The third kappa shape index (κ3) is 3.48. The number of aliphatic hydroxyl groups is 1. The van der Waals surface area contributed by atoms with Gasteiger partial charge in [-0.15, -0.1) is 0 Å². The fraction of sp³-hybridized carbons (Fsp3) is 0.556. The van der Waals surface area contributed by atoms with Crippen molar-refractivity contribution in [2.75, 3.05) is 20.8 Å². The van der Waals surface area contributed by atoms with Crippen LogP contribution in [0.2, 0.25) is 0 Å². The highest BCUT2D eigenvalue weighted by Crippen LogP contribution is 2.39. The molecule has 1 atom stereocenters. The van der Waals surface area contributed by atoms with E-state index in [1.54, 1.807) is 14.2 Å². The van der Waals surface area contributed by atoms with Gasteiger partial charge in [-0.3, -0.25) is 4.90 Å². The van der Waals surface area contributed by atoms with Crippen LogP contribution >= 0.6 is 0 Å². The van der Waals surface area contributed by atoms with Crippen molar-refractivity contribution >= 4 is 0 Å². The van der Waals surface area contributed by atoms with Gasteiger partial charge in [-0.2, -0.15) is 4.98 Å². The van der Waals surface area contributed by atoms with E-state index in [0.717, 1.165) is 16.9 Å². The lowest BCUT2D eigenvalue weighted by molar-refractivity contribution is 0.0779. The van der Waals surface area contributed by atoms with Gasteiger partial charge in [0.15, 0.2) is 5.82 Å². The molecule has 0 radical (unpaired) electrons. The van der Waals surface area contributed by atoms with E-state index in [1.165, 1.54) is 0 Å². The lowest BCUT2D eigenvalue weighted by Gasteiger charge is -2.33. The standard InChI is InChI=1S/C18H25N3O4/c1-18(2,3)17-19-15(25-20-17)10-21-8-11-13(23-4)6-7-14(24-5)16(11)12(22)9-21/h6-7,12,22H,8-10H2,1-5H3/t12-/m0/s1. The predicted molar refractivity (Wildman–Crippen MR) is 91.6 cm³/mol. The number of rotatable bonds is 4. The molecule has 0 spiro atoms. The zero-order valence-corrected chi connectivity index (χ0v) is 15.4. The Morgan fingerprint density at radius 3 is 2.52 bits per heavy atom. The molecule has 1 aromatic carbocycles. The van der Waals surface area contributed by atoms with Gasteiger partial charge in [-0.25, -0.2) is 0 Å². The van der Waals surface area contributed by atoms with Gasteiger partial charge in [0.05, 0.1) is 26.9 Å². The highest BCUT2D eigenvalue weighted by molar-refractivity contribution is 5.51. The lowest BCUT2D eigenvalue weighted by atomic mass is 9.95. The zero-order valence-electron chi connectivity index (χ0n) is 15.4. The maximum absolute atomic E-state index is 10.6. The summed E-state index contributed by atoms with van der Waals surface area (Å²) in [4.78, 5) is 6.54. The molecule has 0 fully saturated rings. The van der Waals surface area contributed by atoms with Crippen LogP contribution in [0.5, 0.6) is 11.5 Å². The van der Waals surface area contributed by atoms with Crippen LogP contribution in [-0.2, 0) is 18.5 Å². The van der Waals surface area contributed by atoms with E-state index in [9.17, 15) is 5.11 Å². The second-order valence-electron chi connectivity index (χ2n) is 7.31. The van der Waals surface area contributed by atoms with E-state index in [0.29, 0.717) is 37.1 Å².